The van der Waals surface area contributed by atoms with E-state index >= 15 is 0 Å². The normalized spacial score (nSPS) is 18.8. The van der Waals surface area contributed by atoms with Gasteiger partial charge in [-0.05, 0) is 46.6 Å². The van der Waals surface area contributed by atoms with Gasteiger partial charge in [-0.25, -0.2) is 0 Å². The number of aromatic nitrogens is 1. The fourth-order valence-corrected chi connectivity index (χ4v) is 2.90. The van der Waals surface area contributed by atoms with Gasteiger partial charge in [0.25, 0.3) is 5.91 Å². The van der Waals surface area contributed by atoms with E-state index in [0.29, 0.717) is 22.3 Å². The summed E-state index contributed by atoms with van der Waals surface area (Å²) in [6.45, 7) is 10.4. The first kappa shape index (κ1) is 16.2. The Balaban J connectivity index is 2.04. The summed E-state index contributed by atoms with van der Waals surface area (Å²) in [6.07, 6.45) is 3.49. The van der Waals surface area contributed by atoms with Crippen molar-refractivity contribution in [2.24, 2.45) is 0 Å². The van der Waals surface area contributed by atoms with E-state index in [0.717, 1.165) is 25.9 Å². The summed E-state index contributed by atoms with van der Waals surface area (Å²) in [5.74, 6) is -0.0806. The molecule has 2 heterocycles. The number of nitrogens with zero attached hydrogens (tertiary/aromatic N) is 2. The molecule has 1 aliphatic rings. The first-order chi connectivity index (χ1) is 9.81. The molecule has 0 spiro atoms. The molecule has 1 fully saturated rings. The molecule has 0 unspecified atom stereocenters. The van der Waals surface area contributed by atoms with Crippen LogP contribution < -0.4 is 5.32 Å². The molecule has 0 aromatic carbocycles. The van der Waals surface area contributed by atoms with E-state index < -0.39 is 0 Å². The van der Waals surface area contributed by atoms with Gasteiger partial charge < -0.3 is 10.2 Å². The number of amides is 1. The highest BCUT2D eigenvalue weighted by Crippen LogP contribution is 2.24. The van der Waals surface area contributed by atoms with Gasteiger partial charge in [-0.2, -0.15) is 0 Å². The van der Waals surface area contributed by atoms with Crippen molar-refractivity contribution in [3.63, 3.8) is 0 Å². The van der Waals surface area contributed by atoms with Crippen LogP contribution in [0.2, 0.25) is 5.02 Å². The van der Waals surface area contributed by atoms with Crippen molar-refractivity contribution in [3.05, 3.63) is 28.5 Å². The monoisotopic (exact) mass is 309 g/mol. The Kier molecular flexibility index (Phi) is 4.89. The lowest BCUT2D eigenvalue weighted by Gasteiger charge is -2.41. The molecule has 0 radical (unpaired) electrons. The standard InChI is InChI=1S/C16H24ClN3O/c1-11(2)20-7-5-16(4,6-8-20)19-15(21)14-9-13(17)10-18-12(14)3/h9-11H,5-8H2,1-4H3,(H,19,21). The minimum atomic E-state index is -0.156. The molecule has 0 bridgehead atoms. The average molecular weight is 310 g/mol. The zero-order valence-corrected chi connectivity index (χ0v) is 14.0. The van der Waals surface area contributed by atoms with Gasteiger partial charge in [0, 0.05) is 30.9 Å². The fourth-order valence-electron chi connectivity index (χ4n) is 2.74. The van der Waals surface area contributed by atoms with E-state index in [4.69, 9.17) is 11.6 Å². The highest BCUT2D eigenvalue weighted by Gasteiger charge is 2.32. The summed E-state index contributed by atoms with van der Waals surface area (Å²) in [7, 11) is 0. The number of carbonyl (C=O) groups excluding carboxylic acids is 1. The van der Waals surface area contributed by atoms with Gasteiger partial charge in [0.1, 0.15) is 0 Å². The average Bonchev–Trinajstić information content (AvgIpc) is 2.41. The third-order valence-corrected chi connectivity index (χ3v) is 4.55. The van der Waals surface area contributed by atoms with E-state index in [2.05, 4.69) is 36.0 Å². The minimum absolute atomic E-state index is 0.0806. The van der Waals surface area contributed by atoms with Crippen LogP contribution in [0.4, 0.5) is 0 Å². The molecule has 1 aliphatic heterocycles. The van der Waals surface area contributed by atoms with Crippen molar-refractivity contribution in [2.75, 3.05) is 13.1 Å². The van der Waals surface area contributed by atoms with Crippen molar-refractivity contribution in [1.82, 2.24) is 15.2 Å². The van der Waals surface area contributed by atoms with Gasteiger partial charge in [-0.1, -0.05) is 11.6 Å². The predicted molar refractivity (Wildman–Crippen MR) is 85.8 cm³/mol. The summed E-state index contributed by atoms with van der Waals surface area (Å²) < 4.78 is 0. The second-order valence-corrected chi connectivity index (χ2v) is 6.87. The number of pyridine rings is 1. The summed E-state index contributed by atoms with van der Waals surface area (Å²) in [5.41, 5.74) is 1.12. The van der Waals surface area contributed by atoms with Crippen molar-refractivity contribution in [1.29, 1.82) is 0 Å². The lowest BCUT2D eigenvalue weighted by molar-refractivity contribution is 0.0800. The van der Waals surface area contributed by atoms with Gasteiger partial charge in [0.2, 0.25) is 0 Å². The van der Waals surface area contributed by atoms with Gasteiger partial charge in [0.15, 0.2) is 0 Å². The maximum atomic E-state index is 12.5. The number of carbonyl (C=O) groups is 1. The van der Waals surface area contributed by atoms with Crippen molar-refractivity contribution in [3.8, 4) is 0 Å². The first-order valence-corrected chi connectivity index (χ1v) is 7.87. The third kappa shape index (κ3) is 3.95. The quantitative estimate of drug-likeness (QED) is 0.933. The van der Waals surface area contributed by atoms with Crippen LogP contribution in [0, 0.1) is 6.92 Å². The molecular formula is C16H24ClN3O. The van der Waals surface area contributed by atoms with Crippen LogP contribution in [-0.4, -0.2) is 40.5 Å². The molecule has 5 heteroatoms. The van der Waals surface area contributed by atoms with E-state index in [1.165, 1.54) is 0 Å². The van der Waals surface area contributed by atoms with Crippen LogP contribution in [0.25, 0.3) is 0 Å². The Morgan fingerprint density at radius 2 is 2.05 bits per heavy atom. The molecule has 4 nitrogen and oxygen atoms in total. The second kappa shape index (κ2) is 6.32. The number of piperidine rings is 1. The van der Waals surface area contributed by atoms with Crippen molar-refractivity contribution >= 4 is 17.5 Å². The molecule has 2 rings (SSSR count). The zero-order chi connectivity index (χ0) is 15.6. The Labute approximate surface area is 131 Å². The fraction of sp³-hybridized carbons (Fsp3) is 0.625. The van der Waals surface area contributed by atoms with Gasteiger partial charge >= 0.3 is 0 Å². The molecule has 1 aromatic heterocycles. The number of hydrogen-bond donors (Lipinski definition) is 1. The molecule has 1 saturated heterocycles. The largest absolute Gasteiger partial charge is 0.347 e. The molecular weight excluding hydrogens is 286 g/mol. The van der Waals surface area contributed by atoms with Crippen LogP contribution in [-0.2, 0) is 0 Å². The maximum absolute atomic E-state index is 12.5. The molecule has 0 atom stereocenters. The number of rotatable bonds is 3. The molecule has 1 amide bonds. The Bertz CT molecular complexity index is 522. The second-order valence-electron chi connectivity index (χ2n) is 6.43. The van der Waals surface area contributed by atoms with E-state index in [-0.39, 0.29) is 11.4 Å². The van der Waals surface area contributed by atoms with Crippen LogP contribution in [0.3, 0.4) is 0 Å². The van der Waals surface area contributed by atoms with Crippen LogP contribution >= 0.6 is 11.6 Å². The van der Waals surface area contributed by atoms with E-state index in [1.807, 2.05) is 6.92 Å². The maximum Gasteiger partial charge on any atom is 0.253 e. The molecule has 0 aliphatic carbocycles. The van der Waals surface area contributed by atoms with Gasteiger partial charge in [-0.15, -0.1) is 0 Å². The number of nitrogens with one attached hydrogen (secondary N) is 1. The van der Waals surface area contributed by atoms with Crippen molar-refractivity contribution in [2.45, 2.75) is 52.1 Å². The highest BCUT2D eigenvalue weighted by atomic mass is 35.5. The Morgan fingerprint density at radius 3 is 2.62 bits per heavy atom. The molecule has 1 aromatic rings. The highest BCUT2D eigenvalue weighted by molar-refractivity contribution is 6.30. The number of likely N-dealkylation sites (tertiary alicyclic amines) is 1. The zero-order valence-electron chi connectivity index (χ0n) is 13.2. The van der Waals surface area contributed by atoms with E-state index in [9.17, 15) is 4.79 Å². The number of hydrogen-bond acceptors (Lipinski definition) is 3. The van der Waals surface area contributed by atoms with Crippen LogP contribution in [0.1, 0.15) is 49.7 Å². The van der Waals surface area contributed by atoms with Gasteiger partial charge in [0.05, 0.1) is 16.3 Å². The topological polar surface area (TPSA) is 45.2 Å². The summed E-state index contributed by atoms with van der Waals surface area (Å²) in [6, 6.07) is 2.25. The lowest BCUT2D eigenvalue weighted by atomic mass is 9.88. The van der Waals surface area contributed by atoms with Crippen LogP contribution in [0.15, 0.2) is 12.3 Å². The summed E-state index contributed by atoms with van der Waals surface area (Å²) in [4.78, 5) is 19.1. The Morgan fingerprint density at radius 1 is 1.43 bits per heavy atom. The van der Waals surface area contributed by atoms with E-state index in [1.54, 1.807) is 12.3 Å². The summed E-state index contributed by atoms with van der Waals surface area (Å²) in [5, 5.41) is 3.67. The predicted octanol–water partition coefficient (Wildman–Crippen LogP) is 3.04. The SMILES string of the molecule is Cc1ncc(Cl)cc1C(=O)NC1(C)CCN(C(C)C)CC1. The number of halogens is 1. The first-order valence-electron chi connectivity index (χ1n) is 7.49. The minimum Gasteiger partial charge on any atom is -0.347 e. The molecule has 0 saturated carbocycles. The van der Waals surface area contributed by atoms with Gasteiger partial charge in [-0.3, -0.25) is 9.78 Å². The summed E-state index contributed by atoms with van der Waals surface area (Å²) >= 11 is 5.94. The lowest BCUT2D eigenvalue weighted by Crippen LogP contribution is -2.54. The molecule has 1 N–H and O–H groups in total. The Hall–Kier alpha value is -1.13. The third-order valence-electron chi connectivity index (χ3n) is 4.35. The molecule has 21 heavy (non-hydrogen) atoms. The van der Waals surface area contributed by atoms with Crippen molar-refractivity contribution < 1.29 is 4.79 Å². The number of aryl methyl sites for hydroxylation is 1. The van der Waals surface area contributed by atoms with Crippen LogP contribution in [0.5, 0.6) is 0 Å². The smallest absolute Gasteiger partial charge is 0.253 e. The molecule has 116 valence electrons.